The first-order valence-electron chi connectivity index (χ1n) is 5.26. The molecule has 0 fully saturated rings. The van der Waals surface area contributed by atoms with Gasteiger partial charge in [0.25, 0.3) is 0 Å². The van der Waals surface area contributed by atoms with Crippen LogP contribution >= 0.6 is 0 Å². The molecule has 92 valence electrons. The van der Waals surface area contributed by atoms with Gasteiger partial charge in [-0.25, -0.2) is 9.78 Å². The fourth-order valence-electron chi connectivity index (χ4n) is 1.36. The quantitative estimate of drug-likeness (QED) is 0.867. The Hall–Kier alpha value is -2.63. The van der Waals surface area contributed by atoms with Gasteiger partial charge in [0, 0.05) is 18.5 Å². The third-order valence-electron chi connectivity index (χ3n) is 2.16. The van der Waals surface area contributed by atoms with Crippen molar-refractivity contribution < 1.29 is 9.53 Å². The molecular weight excluding hydrogens is 232 g/mol. The Morgan fingerprint density at radius 2 is 2.11 bits per heavy atom. The number of aromatic nitrogens is 2. The number of carbonyl (C=O) groups excluding carboxylic acids is 1. The van der Waals surface area contributed by atoms with Crippen LogP contribution in [0.4, 0.5) is 16.3 Å². The molecule has 0 unspecified atom stereocenters. The maximum Gasteiger partial charge on any atom is 0.324 e. The van der Waals surface area contributed by atoms with Crippen molar-refractivity contribution in [2.45, 2.75) is 0 Å². The van der Waals surface area contributed by atoms with Gasteiger partial charge in [-0.2, -0.15) is 0 Å². The van der Waals surface area contributed by atoms with E-state index in [1.165, 1.54) is 13.3 Å². The molecule has 0 atom stereocenters. The van der Waals surface area contributed by atoms with E-state index in [-0.39, 0.29) is 0 Å². The van der Waals surface area contributed by atoms with Crippen LogP contribution in [0.25, 0.3) is 0 Å². The topological polar surface area (TPSA) is 76.1 Å². The van der Waals surface area contributed by atoms with Gasteiger partial charge in [-0.15, -0.1) is 0 Å². The molecule has 0 aliphatic heterocycles. The second kappa shape index (κ2) is 5.62. The molecule has 2 aromatic heterocycles. The van der Waals surface area contributed by atoms with Crippen molar-refractivity contribution in [1.82, 2.24) is 9.97 Å². The Bertz CT molecular complexity index is 531. The summed E-state index contributed by atoms with van der Waals surface area (Å²) >= 11 is 0. The van der Waals surface area contributed by atoms with E-state index in [1.54, 1.807) is 36.7 Å². The van der Waals surface area contributed by atoms with E-state index in [0.29, 0.717) is 17.3 Å². The standard InChI is InChI=1S/C12H12N4O2/c1-18-10-5-7-13-8-9(10)15-12(17)16-11-4-2-3-6-14-11/h2-8H,1H3,(H2,14,15,16,17). The van der Waals surface area contributed by atoms with Crippen LogP contribution in [0.2, 0.25) is 0 Å². The number of hydrogen-bond acceptors (Lipinski definition) is 4. The SMILES string of the molecule is COc1ccncc1NC(=O)Nc1ccccn1. The minimum atomic E-state index is -0.403. The lowest BCUT2D eigenvalue weighted by Crippen LogP contribution is -2.20. The third kappa shape index (κ3) is 2.94. The highest BCUT2D eigenvalue weighted by atomic mass is 16.5. The minimum absolute atomic E-state index is 0.403. The van der Waals surface area contributed by atoms with E-state index < -0.39 is 6.03 Å². The molecule has 0 bridgehead atoms. The van der Waals surface area contributed by atoms with Crippen molar-refractivity contribution >= 4 is 17.5 Å². The summed E-state index contributed by atoms with van der Waals surface area (Å²) in [6.45, 7) is 0. The summed E-state index contributed by atoms with van der Waals surface area (Å²) in [7, 11) is 1.52. The molecule has 0 aliphatic rings. The molecule has 0 spiro atoms. The van der Waals surface area contributed by atoms with E-state index in [0.717, 1.165) is 0 Å². The summed E-state index contributed by atoms with van der Waals surface area (Å²) in [5.41, 5.74) is 0.494. The van der Waals surface area contributed by atoms with E-state index >= 15 is 0 Å². The first kappa shape index (κ1) is 11.8. The average Bonchev–Trinajstić information content (AvgIpc) is 2.40. The van der Waals surface area contributed by atoms with Crippen LogP contribution in [0, 0.1) is 0 Å². The molecule has 6 heteroatoms. The molecule has 2 N–H and O–H groups in total. The Morgan fingerprint density at radius 3 is 2.83 bits per heavy atom. The average molecular weight is 244 g/mol. The van der Waals surface area contributed by atoms with Crippen LogP contribution in [-0.2, 0) is 0 Å². The molecule has 0 saturated carbocycles. The summed E-state index contributed by atoms with van der Waals surface area (Å²) in [6.07, 6.45) is 4.69. The third-order valence-corrected chi connectivity index (χ3v) is 2.16. The molecule has 2 heterocycles. The number of anilines is 2. The van der Waals surface area contributed by atoms with Crippen molar-refractivity contribution in [3.63, 3.8) is 0 Å². The highest BCUT2D eigenvalue weighted by molar-refractivity contribution is 5.99. The first-order valence-corrected chi connectivity index (χ1v) is 5.26. The molecular formula is C12H12N4O2. The van der Waals surface area contributed by atoms with Crippen molar-refractivity contribution in [3.8, 4) is 5.75 Å². The lowest BCUT2D eigenvalue weighted by atomic mass is 10.4. The van der Waals surface area contributed by atoms with Gasteiger partial charge in [0.1, 0.15) is 17.3 Å². The smallest absolute Gasteiger partial charge is 0.324 e. The number of carbonyl (C=O) groups is 1. The monoisotopic (exact) mass is 244 g/mol. The van der Waals surface area contributed by atoms with Crippen LogP contribution in [0.5, 0.6) is 5.75 Å². The Morgan fingerprint density at radius 1 is 1.22 bits per heavy atom. The number of ether oxygens (including phenoxy) is 1. The van der Waals surface area contributed by atoms with Crippen molar-refractivity contribution in [2.24, 2.45) is 0 Å². The van der Waals surface area contributed by atoms with Gasteiger partial charge in [0.15, 0.2) is 0 Å². The highest BCUT2D eigenvalue weighted by Crippen LogP contribution is 2.21. The number of urea groups is 1. The zero-order valence-corrected chi connectivity index (χ0v) is 9.75. The normalized spacial score (nSPS) is 9.61. The number of amides is 2. The Labute approximate surface area is 104 Å². The lowest BCUT2D eigenvalue weighted by molar-refractivity contribution is 0.262. The van der Waals surface area contributed by atoms with Crippen LogP contribution in [0.1, 0.15) is 0 Å². The number of hydrogen-bond donors (Lipinski definition) is 2. The van der Waals surface area contributed by atoms with Gasteiger partial charge in [-0.05, 0) is 12.1 Å². The molecule has 2 aromatic rings. The summed E-state index contributed by atoms with van der Waals surface area (Å²) in [6, 6.07) is 6.51. The molecule has 0 aliphatic carbocycles. The number of rotatable bonds is 3. The molecule has 0 aromatic carbocycles. The van der Waals surface area contributed by atoms with Crippen molar-refractivity contribution in [1.29, 1.82) is 0 Å². The van der Waals surface area contributed by atoms with Gasteiger partial charge in [0.2, 0.25) is 0 Å². The fraction of sp³-hybridized carbons (Fsp3) is 0.0833. The number of nitrogens with zero attached hydrogens (tertiary/aromatic N) is 2. The van der Waals surface area contributed by atoms with E-state index in [4.69, 9.17) is 4.74 Å². The zero-order valence-electron chi connectivity index (χ0n) is 9.75. The molecule has 18 heavy (non-hydrogen) atoms. The maximum atomic E-state index is 11.7. The van der Waals surface area contributed by atoms with Gasteiger partial charge in [-0.1, -0.05) is 6.07 Å². The second-order valence-electron chi connectivity index (χ2n) is 3.37. The molecule has 6 nitrogen and oxygen atoms in total. The van der Waals surface area contributed by atoms with Crippen LogP contribution in [0.3, 0.4) is 0 Å². The first-order chi connectivity index (χ1) is 8.79. The predicted octanol–water partition coefficient (Wildman–Crippen LogP) is 2.13. The van der Waals surface area contributed by atoms with E-state index in [2.05, 4.69) is 20.6 Å². The van der Waals surface area contributed by atoms with E-state index in [9.17, 15) is 4.79 Å². The summed E-state index contributed by atoms with van der Waals surface area (Å²) in [4.78, 5) is 19.6. The molecule has 2 rings (SSSR count). The van der Waals surface area contributed by atoms with Crippen LogP contribution < -0.4 is 15.4 Å². The van der Waals surface area contributed by atoms with E-state index in [1.807, 2.05) is 0 Å². The second-order valence-corrected chi connectivity index (χ2v) is 3.37. The van der Waals surface area contributed by atoms with Crippen LogP contribution in [0.15, 0.2) is 42.9 Å². The summed E-state index contributed by atoms with van der Waals surface area (Å²) in [5.74, 6) is 1.01. The van der Waals surface area contributed by atoms with Gasteiger partial charge >= 0.3 is 6.03 Å². The molecule has 0 radical (unpaired) electrons. The Balaban J connectivity index is 2.03. The number of nitrogens with one attached hydrogen (secondary N) is 2. The zero-order chi connectivity index (χ0) is 12.8. The van der Waals surface area contributed by atoms with Crippen molar-refractivity contribution in [2.75, 3.05) is 17.7 Å². The Kier molecular flexibility index (Phi) is 3.70. The highest BCUT2D eigenvalue weighted by Gasteiger charge is 2.07. The van der Waals surface area contributed by atoms with Crippen LogP contribution in [-0.4, -0.2) is 23.1 Å². The molecule has 2 amide bonds. The maximum absolute atomic E-state index is 11.7. The fourth-order valence-corrected chi connectivity index (χ4v) is 1.36. The minimum Gasteiger partial charge on any atom is -0.494 e. The predicted molar refractivity (Wildman–Crippen MR) is 67.7 cm³/mol. The van der Waals surface area contributed by atoms with Gasteiger partial charge in [-0.3, -0.25) is 10.3 Å². The number of methoxy groups -OCH3 is 1. The summed E-state index contributed by atoms with van der Waals surface area (Å²) < 4.78 is 5.10. The van der Waals surface area contributed by atoms with Gasteiger partial charge < -0.3 is 10.1 Å². The lowest BCUT2D eigenvalue weighted by Gasteiger charge is -2.09. The van der Waals surface area contributed by atoms with Gasteiger partial charge in [0.05, 0.1) is 13.3 Å². The van der Waals surface area contributed by atoms with Crippen molar-refractivity contribution in [3.05, 3.63) is 42.9 Å². The largest absolute Gasteiger partial charge is 0.494 e. The molecule has 0 saturated heterocycles. The summed E-state index contributed by atoms with van der Waals surface area (Å²) in [5, 5.41) is 5.23. The number of pyridine rings is 2.